The number of nitrogens with one attached hydrogen (secondary N) is 1. The molecule has 3 heterocycles. The van der Waals surface area contributed by atoms with Crippen LogP contribution in [0.25, 0.3) is 0 Å². The van der Waals surface area contributed by atoms with Crippen molar-refractivity contribution in [3.05, 3.63) is 47.8 Å². The smallest absolute Gasteiger partial charge is 0.273 e. The summed E-state index contributed by atoms with van der Waals surface area (Å²) in [6.45, 7) is 7.56. The SMILES string of the molecule is CCn1ccnc1CN(C(=O)c1ncccc1C)[C@H]1CC12CCNCC2. The van der Waals surface area contributed by atoms with Gasteiger partial charge in [-0.3, -0.25) is 9.78 Å². The maximum atomic E-state index is 13.4. The highest BCUT2D eigenvalue weighted by atomic mass is 16.2. The lowest BCUT2D eigenvalue weighted by Crippen LogP contribution is -2.40. The Morgan fingerprint density at radius 2 is 2.15 bits per heavy atom. The molecular weight excluding hydrogens is 326 g/mol. The van der Waals surface area contributed by atoms with Crippen molar-refractivity contribution >= 4 is 5.91 Å². The third-order valence-corrected chi connectivity index (χ3v) is 6.05. The van der Waals surface area contributed by atoms with Gasteiger partial charge >= 0.3 is 0 Å². The normalized spacial score (nSPS) is 20.9. The quantitative estimate of drug-likeness (QED) is 0.896. The first-order valence-electron chi connectivity index (χ1n) is 9.58. The molecule has 0 aromatic carbocycles. The van der Waals surface area contributed by atoms with Crippen LogP contribution in [-0.2, 0) is 13.1 Å². The average Bonchev–Trinajstić information content (AvgIpc) is 3.14. The van der Waals surface area contributed by atoms with Crippen molar-refractivity contribution in [2.45, 2.75) is 52.2 Å². The highest BCUT2D eigenvalue weighted by molar-refractivity contribution is 5.94. The summed E-state index contributed by atoms with van der Waals surface area (Å²) < 4.78 is 2.11. The second-order valence-electron chi connectivity index (χ2n) is 7.56. The number of rotatable bonds is 5. The standard InChI is InChI=1S/C20H27N5O/c1-3-24-12-11-22-17(24)14-25(16-13-20(16)6-9-21-10-7-20)19(26)18-15(2)5-4-8-23-18/h4-5,8,11-12,16,21H,3,6-7,9-10,13-14H2,1-2H3/t16-/m0/s1. The molecule has 1 spiro atoms. The second kappa shape index (κ2) is 6.83. The number of amides is 1. The molecule has 1 saturated heterocycles. The molecule has 26 heavy (non-hydrogen) atoms. The Morgan fingerprint density at radius 3 is 2.88 bits per heavy atom. The Labute approximate surface area is 154 Å². The fourth-order valence-electron chi connectivity index (χ4n) is 4.33. The molecular formula is C20H27N5O. The van der Waals surface area contributed by atoms with Crippen LogP contribution in [0.3, 0.4) is 0 Å². The fraction of sp³-hybridized carbons (Fsp3) is 0.550. The number of hydrogen-bond donors (Lipinski definition) is 1. The van der Waals surface area contributed by atoms with Gasteiger partial charge in [0.1, 0.15) is 11.5 Å². The van der Waals surface area contributed by atoms with E-state index in [0.717, 1.165) is 50.3 Å². The van der Waals surface area contributed by atoms with Crippen LogP contribution in [0.2, 0.25) is 0 Å². The molecule has 0 radical (unpaired) electrons. The average molecular weight is 353 g/mol. The van der Waals surface area contributed by atoms with Gasteiger partial charge in [0, 0.05) is 31.2 Å². The van der Waals surface area contributed by atoms with Gasteiger partial charge in [0.05, 0.1) is 6.54 Å². The zero-order valence-electron chi connectivity index (χ0n) is 15.6. The highest BCUT2D eigenvalue weighted by Crippen LogP contribution is 2.56. The molecule has 1 aliphatic carbocycles. The van der Waals surface area contributed by atoms with Crippen molar-refractivity contribution in [1.29, 1.82) is 0 Å². The maximum Gasteiger partial charge on any atom is 0.273 e. The van der Waals surface area contributed by atoms with E-state index >= 15 is 0 Å². The van der Waals surface area contributed by atoms with Crippen molar-refractivity contribution < 1.29 is 4.79 Å². The van der Waals surface area contributed by atoms with Gasteiger partial charge in [0.2, 0.25) is 0 Å². The second-order valence-corrected chi connectivity index (χ2v) is 7.56. The summed E-state index contributed by atoms with van der Waals surface area (Å²) in [6, 6.07) is 4.13. The Hall–Kier alpha value is -2.21. The molecule has 1 amide bonds. The van der Waals surface area contributed by atoms with Crippen LogP contribution in [0, 0.1) is 12.3 Å². The summed E-state index contributed by atoms with van der Waals surface area (Å²) in [4.78, 5) is 24.3. The molecule has 138 valence electrons. The number of nitrogens with zero attached hydrogens (tertiary/aromatic N) is 4. The van der Waals surface area contributed by atoms with Crippen molar-refractivity contribution in [2.24, 2.45) is 5.41 Å². The molecule has 1 N–H and O–H groups in total. The van der Waals surface area contributed by atoms with Crippen LogP contribution >= 0.6 is 0 Å². The van der Waals surface area contributed by atoms with Crippen LogP contribution in [0.15, 0.2) is 30.7 Å². The maximum absolute atomic E-state index is 13.4. The lowest BCUT2D eigenvalue weighted by Gasteiger charge is -2.29. The van der Waals surface area contributed by atoms with Crippen LogP contribution < -0.4 is 5.32 Å². The number of piperidine rings is 1. The number of carbonyl (C=O) groups excluding carboxylic acids is 1. The van der Waals surface area contributed by atoms with Gasteiger partial charge in [-0.25, -0.2) is 4.98 Å². The van der Waals surface area contributed by atoms with Gasteiger partial charge in [-0.2, -0.15) is 0 Å². The molecule has 2 aromatic rings. The van der Waals surface area contributed by atoms with Gasteiger partial charge < -0.3 is 14.8 Å². The molecule has 1 aliphatic heterocycles. The van der Waals surface area contributed by atoms with Crippen molar-refractivity contribution in [1.82, 2.24) is 24.8 Å². The lowest BCUT2D eigenvalue weighted by molar-refractivity contribution is 0.0678. The van der Waals surface area contributed by atoms with Crippen LogP contribution in [-0.4, -0.2) is 44.5 Å². The first-order valence-corrected chi connectivity index (χ1v) is 9.58. The first kappa shape index (κ1) is 17.2. The summed E-state index contributed by atoms with van der Waals surface area (Å²) in [5.74, 6) is 0.986. The summed E-state index contributed by atoms with van der Waals surface area (Å²) >= 11 is 0. The third kappa shape index (κ3) is 3.03. The minimum Gasteiger partial charge on any atom is -0.334 e. The van der Waals surface area contributed by atoms with E-state index in [1.165, 1.54) is 0 Å². The predicted molar refractivity (Wildman–Crippen MR) is 99.7 cm³/mol. The van der Waals surface area contributed by atoms with Crippen molar-refractivity contribution in [3.8, 4) is 0 Å². The fourth-order valence-corrected chi connectivity index (χ4v) is 4.33. The van der Waals surface area contributed by atoms with Crippen LogP contribution in [0.1, 0.15) is 48.1 Å². The monoisotopic (exact) mass is 353 g/mol. The van der Waals surface area contributed by atoms with Gasteiger partial charge in [-0.15, -0.1) is 0 Å². The van der Waals surface area contributed by atoms with Gasteiger partial charge in [0.15, 0.2) is 0 Å². The lowest BCUT2D eigenvalue weighted by atomic mass is 9.93. The van der Waals surface area contributed by atoms with E-state index in [2.05, 4.69) is 26.8 Å². The van der Waals surface area contributed by atoms with E-state index < -0.39 is 0 Å². The predicted octanol–water partition coefficient (Wildman–Crippen LogP) is 2.39. The van der Waals surface area contributed by atoms with Crippen LogP contribution in [0.5, 0.6) is 0 Å². The zero-order valence-corrected chi connectivity index (χ0v) is 15.6. The zero-order chi connectivity index (χ0) is 18.1. The molecule has 2 aromatic heterocycles. The number of aryl methyl sites for hydroxylation is 2. The summed E-state index contributed by atoms with van der Waals surface area (Å²) in [5.41, 5.74) is 1.78. The van der Waals surface area contributed by atoms with E-state index in [9.17, 15) is 4.79 Å². The van der Waals surface area contributed by atoms with E-state index in [-0.39, 0.29) is 11.3 Å². The Morgan fingerprint density at radius 1 is 1.35 bits per heavy atom. The topological polar surface area (TPSA) is 63.1 Å². The van der Waals surface area contributed by atoms with E-state index in [0.29, 0.717) is 18.3 Å². The number of pyridine rings is 1. The minimum absolute atomic E-state index is 0.0363. The molecule has 4 rings (SSSR count). The van der Waals surface area contributed by atoms with Gasteiger partial charge in [0.25, 0.3) is 5.91 Å². The Kier molecular flexibility index (Phi) is 4.53. The largest absolute Gasteiger partial charge is 0.334 e. The van der Waals surface area contributed by atoms with Gasteiger partial charge in [-0.05, 0) is 63.2 Å². The molecule has 2 fully saturated rings. The molecule has 0 bridgehead atoms. The van der Waals surface area contributed by atoms with E-state index in [1.807, 2.05) is 36.4 Å². The summed E-state index contributed by atoms with van der Waals surface area (Å²) in [7, 11) is 0. The molecule has 6 nitrogen and oxygen atoms in total. The number of carbonyl (C=O) groups is 1. The first-order chi connectivity index (χ1) is 12.6. The summed E-state index contributed by atoms with van der Waals surface area (Å²) in [5, 5.41) is 3.44. The molecule has 0 unspecified atom stereocenters. The highest BCUT2D eigenvalue weighted by Gasteiger charge is 2.58. The summed E-state index contributed by atoms with van der Waals surface area (Å²) in [6.07, 6.45) is 8.89. The number of aromatic nitrogens is 3. The molecule has 1 saturated carbocycles. The molecule has 2 aliphatic rings. The Bertz CT molecular complexity index is 793. The number of imidazole rings is 1. The molecule has 1 atom stereocenters. The molecule has 6 heteroatoms. The van der Waals surface area contributed by atoms with E-state index in [1.54, 1.807) is 6.20 Å². The Balaban J connectivity index is 1.64. The van der Waals surface area contributed by atoms with Crippen LogP contribution in [0.4, 0.5) is 0 Å². The van der Waals surface area contributed by atoms with Crippen molar-refractivity contribution in [3.63, 3.8) is 0 Å². The number of hydrogen-bond acceptors (Lipinski definition) is 4. The van der Waals surface area contributed by atoms with Gasteiger partial charge in [-0.1, -0.05) is 6.07 Å². The minimum atomic E-state index is 0.0363. The third-order valence-electron chi connectivity index (χ3n) is 6.05. The van der Waals surface area contributed by atoms with Crippen molar-refractivity contribution in [2.75, 3.05) is 13.1 Å². The van der Waals surface area contributed by atoms with E-state index in [4.69, 9.17) is 0 Å².